The van der Waals surface area contributed by atoms with E-state index in [2.05, 4.69) is 10.5 Å². The predicted molar refractivity (Wildman–Crippen MR) is 107 cm³/mol. The van der Waals surface area contributed by atoms with E-state index in [9.17, 15) is 14.4 Å². The van der Waals surface area contributed by atoms with E-state index in [0.717, 1.165) is 16.7 Å². The van der Waals surface area contributed by atoms with Crippen LogP contribution in [0.25, 0.3) is 0 Å². The predicted octanol–water partition coefficient (Wildman–Crippen LogP) is 2.40. The van der Waals surface area contributed by atoms with E-state index in [-0.39, 0.29) is 31.1 Å². The van der Waals surface area contributed by atoms with Crippen LogP contribution in [-0.4, -0.2) is 29.0 Å². The van der Waals surface area contributed by atoms with Crippen LogP contribution in [-0.2, 0) is 25.7 Å². The number of aryl methyl sites for hydroxylation is 2. The first kappa shape index (κ1) is 18.9. The van der Waals surface area contributed by atoms with Crippen LogP contribution in [0.1, 0.15) is 29.5 Å². The molecule has 1 fully saturated rings. The fraction of sp³-hybridized carbons (Fsp3) is 0.273. The summed E-state index contributed by atoms with van der Waals surface area (Å²) in [5, 5.41) is 4.03. The van der Waals surface area contributed by atoms with Crippen LogP contribution in [0.4, 0.5) is 5.69 Å². The Morgan fingerprint density at radius 3 is 2.66 bits per heavy atom. The van der Waals surface area contributed by atoms with Gasteiger partial charge in [-0.15, -0.1) is 0 Å². The lowest BCUT2D eigenvalue weighted by molar-refractivity contribution is -0.136. The van der Waals surface area contributed by atoms with Gasteiger partial charge in [0.2, 0.25) is 5.91 Å². The van der Waals surface area contributed by atoms with Gasteiger partial charge in [0.05, 0.1) is 12.1 Å². The highest BCUT2D eigenvalue weighted by Crippen LogP contribution is 2.36. The van der Waals surface area contributed by atoms with Gasteiger partial charge in [-0.1, -0.05) is 42.5 Å². The first-order valence-corrected chi connectivity index (χ1v) is 9.39. The number of esters is 1. The van der Waals surface area contributed by atoms with E-state index >= 15 is 0 Å². The van der Waals surface area contributed by atoms with Crippen LogP contribution in [0.15, 0.2) is 53.6 Å². The molecule has 0 bridgehead atoms. The summed E-state index contributed by atoms with van der Waals surface area (Å²) >= 11 is 0. The van der Waals surface area contributed by atoms with Crippen molar-refractivity contribution in [1.29, 1.82) is 0 Å². The van der Waals surface area contributed by atoms with Crippen LogP contribution in [0.5, 0.6) is 0 Å². The molecule has 2 aliphatic rings. The summed E-state index contributed by atoms with van der Waals surface area (Å²) in [7, 11) is 0. The molecule has 0 radical (unpaired) electrons. The number of imide groups is 1. The minimum Gasteiger partial charge on any atom is -0.456 e. The van der Waals surface area contributed by atoms with Crippen molar-refractivity contribution < 1.29 is 19.1 Å². The third kappa shape index (κ3) is 3.40. The lowest BCUT2D eigenvalue weighted by atomic mass is 9.92. The number of hydrogen-bond donors (Lipinski definition) is 1. The number of rotatable bonds is 4. The summed E-state index contributed by atoms with van der Waals surface area (Å²) < 4.78 is 5.30. The van der Waals surface area contributed by atoms with Crippen molar-refractivity contribution in [3.63, 3.8) is 0 Å². The topological polar surface area (TPSA) is 88.1 Å². The molecule has 2 aliphatic heterocycles. The molecule has 1 saturated heterocycles. The molecule has 0 saturated carbocycles. The van der Waals surface area contributed by atoms with Gasteiger partial charge in [0.15, 0.2) is 0 Å². The lowest BCUT2D eigenvalue weighted by Gasteiger charge is -2.22. The minimum absolute atomic E-state index is 0.0204. The number of benzene rings is 2. The molecule has 1 N–H and O–H groups in total. The van der Waals surface area contributed by atoms with Gasteiger partial charge in [0.1, 0.15) is 17.9 Å². The average Bonchev–Trinajstić information content (AvgIpc) is 3.24. The Kier molecular flexibility index (Phi) is 4.66. The van der Waals surface area contributed by atoms with Crippen molar-refractivity contribution in [3.05, 3.63) is 65.2 Å². The van der Waals surface area contributed by atoms with Crippen molar-refractivity contribution in [3.8, 4) is 0 Å². The molecule has 2 amide bonds. The molecule has 2 heterocycles. The Morgan fingerprint density at radius 2 is 1.90 bits per heavy atom. The van der Waals surface area contributed by atoms with E-state index in [1.54, 1.807) is 0 Å². The van der Waals surface area contributed by atoms with E-state index in [1.807, 2.05) is 62.4 Å². The number of amides is 2. The second-order valence-electron chi connectivity index (χ2n) is 7.49. The zero-order valence-electron chi connectivity index (χ0n) is 16.3. The molecule has 0 aliphatic carbocycles. The smallest absolute Gasteiger partial charge is 0.354 e. The lowest BCUT2D eigenvalue weighted by Crippen LogP contribution is -2.47. The molecule has 148 valence electrons. The van der Waals surface area contributed by atoms with E-state index in [1.165, 1.54) is 4.90 Å². The second kappa shape index (κ2) is 7.16. The molecule has 4 rings (SSSR count). The number of hydrogen-bond acceptors (Lipinski definition) is 6. The molecule has 0 unspecified atom stereocenters. The highest BCUT2D eigenvalue weighted by molar-refractivity contribution is 6.39. The van der Waals surface area contributed by atoms with Gasteiger partial charge in [0, 0.05) is 6.42 Å². The number of carbonyl (C=O) groups is 3. The summed E-state index contributed by atoms with van der Waals surface area (Å²) in [6.07, 6.45) is -0.0370. The maximum absolute atomic E-state index is 13.2. The van der Waals surface area contributed by atoms with Gasteiger partial charge in [0.25, 0.3) is 5.91 Å². The number of nitrogens with zero attached hydrogens (tertiary/aromatic N) is 2. The summed E-state index contributed by atoms with van der Waals surface area (Å²) in [6.45, 7) is 3.87. The molecule has 1 spiro atoms. The first-order valence-electron chi connectivity index (χ1n) is 9.39. The molecule has 1 atom stereocenters. The maximum Gasteiger partial charge on any atom is 0.354 e. The Balaban J connectivity index is 1.48. The summed E-state index contributed by atoms with van der Waals surface area (Å²) in [4.78, 5) is 39.5. The SMILES string of the molecule is Cc1ccc(C)c(N2C(=O)C[C@@]3(CC(C(=O)OCc4ccccc4)=NN3)C2=O)c1. The fourth-order valence-electron chi connectivity index (χ4n) is 3.63. The molecular weight excluding hydrogens is 370 g/mol. The molecule has 29 heavy (non-hydrogen) atoms. The van der Waals surface area contributed by atoms with Gasteiger partial charge in [-0.05, 0) is 36.6 Å². The summed E-state index contributed by atoms with van der Waals surface area (Å²) in [5.74, 6) is -1.31. The molecule has 2 aromatic carbocycles. The van der Waals surface area contributed by atoms with Gasteiger partial charge in [-0.25, -0.2) is 9.69 Å². The van der Waals surface area contributed by atoms with Crippen molar-refractivity contribution in [2.45, 2.75) is 38.8 Å². The number of nitrogens with one attached hydrogen (secondary N) is 1. The van der Waals surface area contributed by atoms with Crippen LogP contribution >= 0.6 is 0 Å². The fourth-order valence-corrected chi connectivity index (χ4v) is 3.63. The summed E-state index contributed by atoms with van der Waals surface area (Å²) in [5.41, 5.74) is 4.84. The normalized spacial score (nSPS) is 20.8. The standard InChI is InChI=1S/C22H21N3O4/c1-14-8-9-15(2)18(10-14)25-19(26)12-22(21(25)28)11-17(23-24-22)20(27)29-13-16-6-4-3-5-7-16/h3-10,24H,11-13H2,1-2H3/t22-/m0/s1. The molecular formula is C22H21N3O4. The number of hydrazone groups is 1. The minimum atomic E-state index is -1.23. The van der Waals surface area contributed by atoms with Crippen LogP contribution in [0.3, 0.4) is 0 Å². The van der Waals surface area contributed by atoms with Gasteiger partial charge in [-0.3, -0.25) is 15.0 Å². The Hall–Kier alpha value is -3.48. The maximum atomic E-state index is 13.2. The van der Waals surface area contributed by atoms with Gasteiger partial charge >= 0.3 is 5.97 Å². The van der Waals surface area contributed by atoms with Crippen molar-refractivity contribution in [2.24, 2.45) is 5.10 Å². The largest absolute Gasteiger partial charge is 0.456 e. The summed E-state index contributed by atoms with van der Waals surface area (Å²) in [6, 6.07) is 14.9. The molecule has 2 aromatic rings. The van der Waals surface area contributed by atoms with Gasteiger partial charge < -0.3 is 4.74 Å². The third-order valence-electron chi connectivity index (χ3n) is 5.24. The second-order valence-corrected chi connectivity index (χ2v) is 7.49. The average molecular weight is 391 g/mol. The highest BCUT2D eigenvalue weighted by Gasteiger charge is 2.56. The van der Waals surface area contributed by atoms with Gasteiger partial charge in [-0.2, -0.15) is 5.10 Å². The number of ether oxygens (including phenoxy) is 1. The Bertz CT molecular complexity index is 1030. The van der Waals surface area contributed by atoms with Crippen LogP contribution in [0.2, 0.25) is 0 Å². The monoisotopic (exact) mass is 391 g/mol. The number of anilines is 1. The zero-order chi connectivity index (χ0) is 20.6. The van der Waals surface area contributed by atoms with Crippen LogP contribution < -0.4 is 10.3 Å². The quantitative estimate of drug-likeness (QED) is 0.639. The highest BCUT2D eigenvalue weighted by atomic mass is 16.5. The van der Waals surface area contributed by atoms with E-state index in [0.29, 0.717) is 5.69 Å². The molecule has 7 nitrogen and oxygen atoms in total. The van der Waals surface area contributed by atoms with E-state index < -0.39 is 17.4 Å². The van der Waals surface area contributed by atoms with Crippen molar-refractivity contribution in [2.75, 3.05) is 4.90 Å². The molecule has 7 heteroatoms. The van der Waals surface area contributed by atoms with Crippen molar-refractivity contribution >= 4 is 29.2 Å². The Labute approximate surface area is 168 Å². The molecule has 0 aromatic heterocycles. The number of carbonyl (C=O) groups excluding carboxylic acids is 3. The Morgan fingerprint density at radius 1 is 1.14 bits per heavy atom. The van der Waals surface area contributed by atoms with E-state index in [4.69, 9.17) is 4.74 Å². The third-order valence-corrected chi connectivity index (χ3v) is 5.24. The zero-order valence-corrected chi connectivity index (χ0v) is 16.3. The van der Waals surface area contributed by atoms with Crippen molar-refractivity contribution in [1.82, 2.24) is 5.43 Å². The van der Waals surface area contributed by atoms with Crippen LogP contribution in [0, 0.1) is 13.8 Å². The first-order chi connectivity index (χ1) is 13.9.